The zero-order chi connectivity index (χ0) is 45.9. The number of para-hydroxylation sites is 1. The van der Waals surface area contributed by atoms with Crippen LogP contribution in [0.15, 0.2) is 140 Å². The van der Waals surface area contributed by atoms with Crippen molar-refractivity contribution in [3.05, 3.63) is 167 Å². The average Bonchev–Trinajstić information content (AvgIpc) is 3.65. The van der Waals surface area contributed by atoms with Crippen LogP contribution >= 0.6 is 0 Å². The fourth-order valence-corrected chi connectivity index (χ4v) is 8.23. The Morgan fingerprint density at radius 3 is 1.95 bits per heavy atom. The van der Waals surface area contributed by atoms with Crippen LogP contribution in [0.2, 0.25) is 0 Å². The highest BCUT2D eigenvalue weighted by atomic mass is 16.3. The van der Waals surface area contributed by atoms with Gasteiger partial charge in [-0.15, -0.1) is 0 Å². The van der Waals surface area contributed by atoms with Gasteiger partial charge in [0.1, 0.15) is 11.6 Å². The highest BCUT2D eigenvalue weighted by Gasteiger charge is 2.25. The fourth-order valence-electron chi connectivity index (χ4n) is 8.23. The lowest BCUT2D eigenvalue weighted by molar-refractivity contribution is 0.466. The molecule has 1 N–H and O–H groups in total. The van der Waals surface area contributed by atoms with Crippen molar-refractivity contribution in [3.63, 3.8) is 0 Å². The molecule has 0 saturated heterocycles. The summed E-state index contributed by atoms with van der Waals surface area (Å²) in [4.78, 5) is 10.4. The summed E-state index contributed by atoms with van der Waals surface area (Å²) in [7, 11) is 0. The zero-order valence-electron chi connectivity index (χ0n) is 40.2. The first-order valence-corrected chi connectivity index (χ1v) is 21.5. The number of phenolic OH excluding ortho intramolecular Hbond substituents is 1. The number of aromatic hydroxyl groups is 1. The summed E-state index contributed by atoms with van der Waals surface area (Å²) in [5.41, 5.74) is 14.9. The molecule has 0 fully saturated rings. The second-order valence-electron chi connectivity index (χ2n) is 19.2. The summed E-state index contributed by atoms with van der Waals surface area (Å²) in [6.45, 7) is 19.5. The van der Waals surface area contributed by atoms with Gasteiger partial charge in [-0.3, -0.25) is 9.55 Å². The van der Waals surface area contributed by atoms with Crippen molar-refractivity contribution in [2.75, 3.05) is 0 Å². The third-order valence-corrected chi connectivity index (χ3v) is 11.9. The minimum Gasteiger partial charge on any atom is -0.507 e. The van der Waals surface area contributed by atoms with E-state index in [1.807, 2.05) is 65.4 Å². The predicted molar refractivity (Wildman–Crippen MR) is 258 cm³/mol. The van der Waals surface area contributed by atoms with Gasteiger partial charge in [0.05, 0.1) is 22.3 Å². The molecule has 0 unspecified atom stereocenters. The van der Waals surface area contributed by atoms with Gasteiger partial charge < -0.3 is 5.11 Å². The third-order valence-electron chi connectivity index (χ3n) is 11.9. The maximum atomic E-state index is 12.2. The lowest BCUT2D eigenvalue weighted by atomic mass is 9.83. The molecule has 0 atom stereocenters. The maximum absolute atomic E-state index is 12.2. The van der Waals surface area contributed by atoms with Crippen LogP contribution in [0.25, 0.3) is 72.7 Å². The molecule has 0 aliphatic rings. The molecule has 2 aromatic heterocycles. The van der Waals surface area contributed by atoms with Crippen molar-refractivity contribution in [1.29, 1.82) is 0 Å². The number of aromatic nitrogens is 3. The van der Waals surface area contributed by atoms with Crippen LogP contribution < -0.4 is 0 Å². The maximum Gasteiger partial charge on any atom is 0.149 e. The third kappa shape index (κ3) is 8.29. The Hall–Kier alpha value is -6.26. The van der Waals surface area contributed by atoms with E-state index in [9.17, 15) is 5.11 Å². The first-order chi connectivity index (χ1) is 30.2. The van der Waals surface area contributed by atoms with E-state index in [-0.39, 0.29) is 34.0 Å². The summed E-state index contributed by atoms with van der Waals surface area (Å²) < 4.78 is 27.8. The number of phenols is 1. The average molecular weight is 805 g/mol. The Kier molecular flexibility index (Phi) is 9.88. The number of hydrogen-bond acceptors (Lipinski definition) is 3. The number of imidazole rings is 1. The Morgan fingerprint density at radius 1 is 0.574 bits per heavy atom. The van der Waals surface area contributed by atoms with Crippen LogP contribution in [-0.2, 0) is 10.8 Å². The van der Waals surface area contributed by atoms with Crippen LogP contribution in [0.4, 0.5) is 0 Å². The topological polar surface area (TPSA) is 50.9 Å². The largest absolute Gasteiger partial charge is 0.507 e. The summed E-state index contributed by atoms with van der Waals surface area (Å²) >= 11 is 0. The Balaban J connectivity index is 1.40. The van der Waals surface area contributed by atoms with E-state index in [1.165, 1.54) is 5.56 Å². The Bertz CT molecular complexity index is 3000. The van der Waals surface area contributed by atoms with E-state index >= 15 is 0 Å². The van der Waals surface area contributed by atoms with Crippen molar-refractivity contribution >= 4 is 11.0 Å². The predicted octanol–water partition coefficient (Wildman–Crippen LogP) is 15.6. The van der Waals surface area contributed by atoms with Crippen molar-refractivity contribution in [1.82, 2.24) is 14.5 Å². The molecule has 0 aliphatic heterocycles. The number of pyridine rings is 1. The molecule has 4 heteroatoms. The van der Waals surface area contributed by atoms with Crippen molar-refractivity contribution in [2.24, 2.45) is 0 Å². The molecule has 8 rings (SSSR count). The summed E-state index contributed by atoms with van der Waals surface area (Å²) in [6.07, 6.45) is 1.89. The second kappa shape index (κ2) is 16.0. The molecular weight excluding hydrogens is 743 g/mol. The molecule has 61 heavy (non-hydrogen) atoms. The number of fused-ring (bicyclic) bond motifs is 1. The van der Waals surface area contributed by atoms with Gasteiger partial charge in [0, 0.05) is 27.1 Å². The molecule has 0 aliphatic carbocycles. The molecule has 8 aromatic rings. The number of hydrogen-bond donors (Lipinski definition) is 1. The normalized spacial score (nSPS) is 13.1. The van der Waals surface area contributed by atoms with E-state index < -0.39 is 6.85 Å². The highest BCUT2D eigenvalue weighted by Crippen LogP contribution is 2.44. The van der Waals surface area contributed by atoms with Gasteiger partial charge >= 0.3 is 0 Å². The molecule has 6 aromatic carbocycles. The molecule has 0 saturated carbocycles. The monoisotopic (exact) mass is 804 g/mol. The van der Waals surface area contributed by atoms with Gasteiger partial charge in [0.25, 0.3) is 0 Å². The minimum absolute atomic E-state index is 0.0444. The van der Waals surface area contributed by atoms with Gasteiger partial charge in [-0.25, -0.2) is 4.98 Å². The summed E-state index contributed by atoms with van der Waals surface area (Å²) in [5.74, 6) is 0.930. The number of nitrogens with zero attached hydrogens (tertiary/aromatic N) is 3. The van der Waals surface area contributed by atoms with E-state index in [0.717, 1.165) is 72.4 Å². The minimum atomic E-state index is -2.38. The molecule has 0 amide bonds. The lowest BCUT2D eigenvalue weighted by Gasteiger charge is -2.22. The van der Waals surface area contributed by atoms with Gasteiger partial charge in [-0.2, -0.15) is 0 Å². The summed E-state index contributed by atoms with van der Waals surface area (Å²) in [5, 5.41) is 12.2. The van der Waals surface area contributed by atoms with Crippen molar-refractivity contribution < 1.29 is 9.22 Å². The van der Waals surface area contributed by atoms with Crippen LogP contribution in [-0.4, -0.2) is 19.6 Å². The highest BCUT2D eigenvalue weighted by molar-refractivity contribution is 5.97. The van der Waals surface area contributed by atoms with Crippen LogP contribution in [0.5, 0.6) is 5.75 Å². The van der Waals surface area contributed by atoms with Crippen molar-refractivity contribution in [3.8, 4) is 67.5 Å². The number of rotatable bonds is 8. The van der Waals surface area contributed by atoms with E-state index in [4.69, 9.17) is 14.1 Å². The lowest BCUT2D eigenvalue weighted by Crippen LogP contribution is -2.11. The molecule has 4 nitrogen and oxygen atoms in total. The Morgan fingerprint density at radius 2 is 1.28 bits per heavy atom. The fraction of sp³-hybridized carbons (Fsp3) is 0.263. The van der Waals surface area contributed by atoms with Crippen LogP contribution in [0, 0.1) is 6.85 Å². The van der Waals surface area contributed by atoms with E-state index in [2.05, 4.69) is 136 Å². The first kappa shape index (κ1) is 37.7. The van der Waals surface area contributed by atoms with Gasteiger partial charge in [-0.05, 0) is 134 Å². The standard InChI is InChI=1S/C57H59N3O/c1-35(2)41-32-49(36(3)4)54(61)50(33-41)55-59-53-48(18-15-19-52(53)60(55)47-27-37(5)26-42(31-47)38-16-13-12-14-17-38)43-28-44(30-46(29-43)57(9,10)11)51-34-40(24-25-58-51)39-20-22-45(23-21-39)56(6,7)8/h12-36,61H,1-11H3/i5D3. The van der Waals surface area contributed by atoms with Gasteiger partial charge in [0.15, 0.2) is 0 Å². The summed E-state index contributed by atoms with van der Waals surface area (Å²) in [6, 6.07) is 45.5. The first-order valence-electron chi connectivity index (χ1n) is 23.0. The number of benzene rings is 6. The van der Waals surface area contributed by atoms with E-state index in [1.54, 1.807) is 12.1 Å². The second-order valence-corrected chi connectivity index (χ2v) is 19.2. The zero-order valence-corrected chi connectivity index (χ0v) is 37.2. The molecule has 0 bridgehead atoms. The van der Waals surface area contributed by atoms with Gasteiger partial charge in [0.2, 0.25) is 0 Å². The SMILES string of the molecule is [2H]C([2H])([2H])c1cc(-c2ccccc2)cc(-n2c(-c3cc(C(C)C)cc(C(C)C)c3O)nc3c(-c4cc(-c5cc(-c6ccc(C(C)(C)C)cc6)ccn5)cc(C(C)(C)C)c4)cccc32)c1. The van der Waals surface area contributed by atoms with Crippen LogP contribution in [0.3, 0.4) is 0 Å². The van der Waals surface area contributed by atoms with Gasteiger partial charge in [-0.1, -0.05) is 154 Å². The number of aryl methyl sites for hydroxylation is 1. The molecule has 0 spiro atoms. The van der Waals surface area contributed by atoms with Crippen molar-refractivity contribution in [2.45, 2.75) is 98.8 Å². The van der Waals surface area contributed by atoms with Crippen LogP contribution in [0.1, 0.15) is 113 Å². The smallest absolute Gasteiger partial charge is 0.149 e. The quantitative estimate of drug-likeness (QED) is 0.166. The molecule has 0 radical (unpaired) electrons. The molecular formula is C57H59N3O. The molecule has 2 heterocycles. The van der Waals surface area contributed by atoms with E-state index in [0.29, 0.717) is 17.1 Å². The Labute approximate surface area is 367 Å². The molecule has 308 valence electrons.